The van der Waals surface area contributed by atoms with Crippen molar-refractivity contribution >= 4 is 11.9 Å². The lowest BCUT2D eigenvalue weighted by Crippen LogP contribution is -2.47. The fourth-order valence-corrected chi connectivity index (χ4v) is 1.69. The van der Waals surface area contributed by atoms with Crippen molar-refractivity contribution in [3.8, 4) is 0 Å². The molecule has 1 aliphatic rings. The minimum atomic E-state index is -0.469. The number of urea groups is 1. The molecule has 0 atom stereocenters. The molecule has 0 unspecified atom stereocenters. The maximum atomic E-state index is 11.8. The second kappa shape index (κ2) is 3.81. The standard InChI is InChI=1S/C10H19N3O2/c1-7(2)13-8(14)5-12(9(13)15)6-10(3,4)11/h7H,5-6,11H2,1-4H3. The van der Waals surface area contributed by atoms with E-state index >= 15 is 0 Å². The van der Waals surface area contributed by atoms with Gasteiger partial charge in [-0.1, -0.05) is 0 Å². The van der Waals surface area contributed by atoms with Crippen molar-refractivity contribution < 1.29 is 9.59 Å². The predicted octanol–water partition coefficient (Wildman–Crippen LogP) is 0.396. The van der Waals surface area contributed by atoms with E-state index in [0.29, 0.717) is 6.54 Å². The maximum Gasteiger partial charge on any atom is 0.327 e. The van der Waals surface area contributed by atoms with Gasteiger partial charge in [0.1, 0.15) is 6.54 Å². The molecule has 0 bridgehead atoms. The summed E-state index contributed by atoms with van der Waals surface area (Å²) in [5.41, 5.74) is 5.35. The molecule has 0 aromatic rings. The Morgan fingerprint density at radius 1 is 1.40 bits per heavy atom. The zero-order chi connectivity index (χ0) is 11.8. The van der Waals surface area contributed by atoms with Crippen LogP contribution in [0.25, 0.3) is 0 Å². The molecule has 86 valence electrons. The highest BCUT2D eigenvalue weighted by Gasteiger charge is 2.38. The number of nitrogens with zero attached hydrogens (tertiary/aromatic N) is 2. The third-order valence-corrected chi connectivity index (χ3v) is 2.19. The third kappa shape index (κ3) is 2.68. The molecule has 1 saturated heterocycles. The van der Waals surface area contributed by atoms with Gasteiger partial charge >= 0.3 is 6.03 Å². The van der Waals surface area contributed by atoms with E-state index in [1.807, 2.05) is 27.7 Å². The Bertz CT molecular complexity index is 281. The summed E-state index contributed by atoms with van der Waals surface area (Å²) in [7, 11) is 0. The van der Waals surface area contributed by atoms with E-state index in [1.54, 1.807) is 0 Å². The second-order valence-electron chi connectivity index (χ2n) is 4.98. The van der Waals surface area contributed by atoms with Crippen LogP contribution in [-0.4, -0.2) is 46.4 Å². The molecule has 0 aromatic heterocycles. The number of hydrogen-bond donors (Lipinski definition) is 1. The summed E-state index contributed by atoms with van der Waals surface area (Å²) < 4.78 is 0. The number of carbonyl (C=O) groups excluding carboxylic acids is 2. The van der Waals surface area contributed by atoms with Gasteiger partial charge in [-0.05, 0) is 27.7 Å². The van der Waals surface area contributed by atoms with Crippen LogP contribution in [0.3, 0.4) is 0 Å². The van der Waals surface area contributed by atoms with Gasteiger partial charge in [-0.15, -0.1) is 0 Å². The highest BCUT2D eigenvalue weighted by Crippen LogP contribution is 2.15. The molecule has 2 N–H and O–H groups in total. The summed E-state index contributed by atoms with van der Waals surface area (Å²) in [6.45, 7) is 7.88. The first-order valence-corrected chi connectivity index (χ1v) is 5.12. The number of nitrogens with two attached hydrogens (primary N) is 1. The molecule has 0 aromatic carbocycles. The molecule has 1 aliphatic heterocycles. The fraction of sp³-hybridized carbons (Fsp3) is 0.800. The molecule has 1 fully saturated rings. The van der Waals surface area contributed by atoms with Crippen molar-refractivity contribution in [3.05, 3.63) is 0 Å². The lowest BCUT2D eigenvalue weighted by Gasteiger charge is -2.26. The average Bonchev–Trinajstić information content (AvgIpc) is 2.23. The Hall–Kier alpha value is -1.10. The minimum Gasteiger partial charge on any atom is -0.324 e. The molecule has 3 amide bonds. The first-order valence-electron chi connectivity index (χ1n) is 5.12. The topological polar surface area (TPSA) is 66.6 Å². The van der Waals surface area contributed by atoms with Gasteiger partial charge < -0.3 is 10.6 Å². The molecule has 15 heavy (non-hydrogen) atoms. The van der Waals surface area contributed by atoms with Gasteiger partial charge in [-0.2, -0.15) is 0 Å². The molecule has 1 heterocycles. The van der Waals surface area contributed by atoms with E-state index < -0.39 is 5.54 Å². The van der Waals surface area contributed by atoms with Gasteiger partial charge in [0, 0.05) is 18.1 Å². The number of imide groups is 1. The van der Waals surface area contributed by atoms with Crippen LogP contribution < -0.4 is 5.73 Å². The van der Waals surface area contributed by atoms with Crippen LogP contribution in [-0.2, 0) is 4.79 Å². The Kier molecular flexibility index (Phi) is 3.04. The van der Waals surface area contributed by atoms with Gasteiger partial charge in [0.05, 0.1) is 0 Å². The Morgan fingerprint density at radius 3 is 2.27 bits per heavy atom. The van der Waals surface area contributed by atoms with Crippen LogP contribution in [0.15, 0.2) is 0 Å². The Labute approximate surface area is 90.2 Å². The van der Waals surface area contributed by atoms with E-state index in [1.165, 1.54) is 9.80 Å². The number of hydrogen-bond acceptors (Lipinski definition) is 3. The van der Waals surface area contributed by atoms with Crippen LogP contribution >= 0.6 is 0 Å². The van der Waals surface area contributed by atoms with Crippen LogP contribution in [0, 0.1) is 0 Å². The summed E-state index contributed by atoms with van der Waals surface area (Å²) in [5.74, 6) is -0.140. The zero-order valence-electron chi connectivity index (χ0n) is 9.78. The fourth-order valence-electron chi connectivity index (χ4n) is 1.69. The van der Waals surface area contributed by atoms with Crippen molar-refractivity contribution in [2.45, 2.75) is 39.3 Å². The SMILES string of the molecule is CC(C)N1C(=O)CN(CC(C)(C)N)C1=O. The predicted molar refractivity (Wildman–Crippen MR) is 57.2 cm³/mol. The molecule has 5 heteroatoms. The van der Waals surface area contributed by atoms with Gasteiger partial charge in [-0.3, -0.25) is 9.69 Å². The largest absolute Gasteiger partial charge is 0.327 e. The molecule has 0 saturated carbocycles. The smallest absolute Gasteiger partial charge is 0.324 e. The van der Waals surface area contributed by atoms with Crippen LogP contribution in [0.2, 0.25) is 0 Å². The molecule has 5 nitrogen and oxygen atoms in total. The number of amides is 3. The van der Waals surface area contributed by atoms with Crippen molar-refractivity contribution in [3.63, 3.8) is 0 Å². The van der Waals surface area contributed by atoms with E-state index in [4.69, 9.17) is 5.73 Å². The summed E-state index contributed by atoms with van der Waals surface area (Å²) in [6, 6.07) is -0.315. The highest BCUT2D eigenvalue weighted by molar-refractivity contribution is 6.02. The van der Waals surface area contributed by atoms with E-state index in [2.05, 4.69) is 0 Å². The Balaban J connectivity index is 2.74. The van der Waals surface area contributed by atoms with Crippen LogP contribution in [0.5, 0.6) is 0 Å². The zero-order valence-corrected chi connectivity index (χ0v) is 9.78. The van der Waals surface area contributed by atoms with Crippen LogP contribution in [0.1, 0.15) is 27.7 Å². The van der Waals surface area contributed by atoms with Crippen molar-refractivity contribution in [2.24, 2.45) is 5.73 Å². The Morgan fingerprint density at radius 2 is 1.93 bits per heavy atom. The average molecular weight is 213 g/mol. The second-order valence-corrected chi connectivity index (χ2v) is 4.98. The normalized spacial score (nSPS) is 18.3. The van der Waals surface area contributed by atoms with E-state index in [0.717, 1.165) is 0 Å². The molecule has 0 aliphatic carbocycles. The molecular formula is C10H19N3O2. The molecule has 0 spiro atoms. The van der Waals surface area contributed by atoms with E-state index in [-0.39, 0.29) is 24.5 Å². The number of carbonyl (C=O) groups is 2. The quantitative estimate of drug-likeness (QED) is 0.690. The first kappa shape index (κ1) is 12.0. The van der Waals surface area contributed by atoms with Crippen molar-refractivity contribution in [1.82, 2.24) is 9.80 Å². The summed E-state index contributed by atoms with van der Waals surface area (Å²) in [6.07, 6.45) is 0. The summed E-state index contributed by atoms with van der Waals surface area (Å²) >= 11 is 0. The minimum absolute atomic E-state index is 0.0871. The highest BCUT2D eigenvalue weighted by atomic mass is 16.2. The van der Waals surface area contributed by atoms with Gasteiger partial charge in [0.2, 0.25) is 0 Å². The third-order valence-electron chi connectivity index (χ3n) is 2.19. The molecular weight excluding hydrogens is 194 g/mol. The van der Waals surface area contributed by atoms with Crippen molar-refractivity contribution in [2.75, 3.05) is 13.1 Å². The van der Waals surface area contributed by atoms with Gasteiger partial charge in [0.15, 0.2) is 0 Å². The number of rotatable bonds is 3. The summed E-state index contributed by atoms with van der Waals surface area (Å²) in [4.78, 5) is 26.1. The lowest BCUT2D eigenvalue weighted by molar-refractivity contribution is -0.126. The first-order chi connectivity index (χ1) is 6.72. The lowest BCUT2D eigenvalue weighted by atomic mass is 10.1. The van der Waals surface area contributed by atoms with Gasteiger partial charge in [0.25, 0.3) is 5.91 Å². The molecule has 0 radical (unpaired) electrons. The van der Waals surface area contributed by atoms with Crippen molar-refractivity contribution in [1.29, 1.82) is 0 Å². The molecule has 1 rings (SSSR count). The van der Waals surface area contributed by atoms with Crippen LogP contribution in [0.4, 0.5) is 4.79 Å². The van der Waals surface area contributed by atoms with Gasteiger partial charge in [-0.25, -0.2) is 4.79 Å². The maximum absolute atomic E-state index is 11.8. The summed E-state index contributed by atoms with van der Waals surface area (Å²) in [5, 5.41) is 0. The van der Waals surface area contributed by atoms with E-state index in [9.17, 15) is 9.59 Å². The monoisotopic (exact) mass is 213 g/mol.